The molecule has 34 heavy (non-hydrogen) atoms. The normalized spacial score (nSPS) is 21.0. The topological polar surface area (TPSA) is 59.0 Å². The summed E-state index contributed by atoms with van der Waals surface area (Å²) in [7, 11) is 0. The van der Waals surface area contributed by atoms with Crippen LogP contribution in [0.2, 0.25) is 0 Å². The lowest BCUT2D eigenvalue weighted by Gasteiger charge is -2.38. The minimum Gasteiger partial charge on any atom is -0.384 e. The molecule has 2 heterocycles. The Hall–Kier alpha value is -3.16. The molecule has 1 fully saturated rings. The van der Waals surface area contributed by atoms with Gasteiger partial charge < -0.3 is 9.74 Å². The van der Waals surface area contributed by atoms with E-state index in [1.165, 1.54) is 0 Å². The maximum absolute atomic E-state index is 14.8. The zero-order chi connectivity index (χ0) is 24.8. The molecule has 2 aromatic rings. The molecule has 180 valence electrons. The van der Waals surface area contributed by atoms with Crippen LogP contribution in [0, 0.1) is 26.6 Å². The van der Waals surface area contributed by atoms with Crippen LogP contribution in [0.5, 0.6) is 0 Å². The third kappa shape index (κ3) is 4.58. The number of rotatable bonds is 6. The first-order valence-electron chi connectivity index (χ1n) is 11.2. The van der Waals surface area contributed by atoms with E-state index in [0.717, 1.165) is 16.0 Å². The number of ketones is 1. The molecular formula is C26H27F3N2O3. The van der Waals surface area contributed by atoms with Crippen molar-refractivity contribution in [3.63, 3.8) is 0 Å². The van der Waals surface area contributed by atoms with E-state index in [2.05, 4.69) is 5.16 Å². The molecule has 0 aromatic heterocycles. The zero-order valence-electron chi connectivity index (χ0n) is 19.7. The number of oxime groups is 1. The summed E-state index contributed by atoms with van der Waals surface area (Å²) in [5.74, 6) is -3.79. The van der Waals surface area contributed by atoms with E-state index in [1.807, 2.05) is 13.0 Å². The first-order chi connectivity index (χ1) is 15.9. The second-order valence-corrected chi connectivity index (χ2v) is 9.54. The lowest BCUT2D eigenvalue weighted by Crippen LogP contribution is -2.58. The highest BCUT2D eigenvalue weighted by molar-refractivity contribution is 6.04. The van der Waals surface area contributed by atoms with Crippen LogP contribution >= 0.6 is 0 Å². The van der Waals surface area contributed by atoms with Crippen LogP contribution in [0.15, 0.2) is 35.5 Å². The zero-order valence-corrected chi connectivity index (χ0v) is 19.7. The molecule has 0 N–H and O–H groups in total. The molecule has 0 spiro atoms. The monoisotopic (exact) mass is 472 g/mol. The molecule has 1 amide bonds. The van der Waals surface area contributed by atoms with E-state index in [1.54, 1.807) is 45.0 Å². The van der Waals surface area contributed by atoms with Crippen molar-refractivity contribution in [3.05, 3.63) is 69.5 Å². The van der Waals surface area contributed by atoms with Crippen LogP contribution in [0.1, 0.15) is 64.4 Å². The number of amides is 1. The minimum atomic E-state index is -2.82. The van der Waals surface area contributed by atoms with E-state index >= 15 is 0 Å². The van der Waals surface area contributed by atoms with Crippen LogP contribution in [0.25, 0.3) is 0 Å². The van der Waals surface area contributed by atoms with E-state index in [9.17, 15) is 22.8 Å². The Morgan fingerprint density at radius 2 is 1.76 bits per heavy atom. The number of halogens is 3. The number of hydrogen-bond acceptors (Lipinski definition) is 4. The van der Waals surface area contributed by atoms with Gasteiger partial charge in [-0.3, -0.25) is 9.59 Å². The van der Waals surface area contributed by atoms with Gasteiger partial charge in [0.1, 0.15) is 5.82 Å². The Balaban J connectivity index is 1.42. The summed E-state index contributed by atoms with van der Waals surface area (Å²) >= 11 is 0. The van der Waals surface area contributed by atoms with Gasteiger partial charge in [0.25, 0.3) is 5.92 Å². The molecule has 2 aliphatic heterocycles. The van der Waals surface area contributed by atoms with Crippen molar-refractivity contribution in [2.75, 3.05) is 13.1 Å². The molecule has 0 aliphatic carbocycles. The quantitative estimate of drug-likeness (QED) is 0.541. The third-order valence-corrected chi connectivity index (χ3v) is 6.45. The Morgan fingerprint density at radius 3 is 2.41 bits per heavy atom. The number of Topliss-reactive ketones (excluding diaryl/α,β-unsaturated/α-hetero) is 1. The van der Waals surface area contributed by atoms with Crippen LogP contribution in [-0.4, -0.2) is 41.3 Å². The standard InChI is InChI=1S/C26H27F3N2O3/c1-15-9-17(3)24(27)20(10-15)25(4)12-21(30-34-25)18-5-6-19(16(2)11-18)22(32)7-8-23(33)31-13-26(28,29)14-31/h5-6,9-11H,7-8,12-14H2,1-4H3. The molecule has 0 saturated carbocycles. The average molecular weight is 473 g/mol. The Labute approximate surface area is 196 Å². The fourth-order valence-electron chi connectivity index (χ4n) is 4.53. The molecule has 0 bridgehead atoms. The second kappa shape index (κ2) is 8.56. The Kier molecular flexibility index (Phi) is 6.04. The van der Waals surface area contributed by atoms with Crippen molar-refractivity contribution in [2.24, 2.45) is 5.16 Å². The van der Waals surface area contributed by atoms with Gasteiger partial charge in [0, 0.05) is 30.4 Å². The summed E-state index contributed by atoms with van der Waals surface area (Å²) in [6, 6.07) is 8.80. The van der Waals surface area contributed by atoms with E-state index < -0.39 is 30.5 Å². The predicted octanol–water partition coefficient (Wildman–Crippen LogP) is 5.23. The molecular weight excluding hydrogens is 445 g/mol. The van der Waals surface area contributed by atoms with Crippen LogP contribution in [0.4, 0.5) is 13.2 Å². The molecule has 2 aromatic carbocycles. The number of carbonyl (C=O) groups excluding carboxylic acids is 2. The van der Waals surface area contributed by atoms with Crippen molar-refractivity contribution >= 4 is 17.4 Å². The van der Waals surface area contributed by atoms with Crippen LogP contribution in [-0.2, 0) is 15.2 Å². The molecule has 1 saturated heterocycles. The Morgan fingerprint density at radius 1 is 1.06 bits per heavy atom. The first kappa shape index (κ1) is 24.0. The smallest absolute Gasteiger partial charge is 0.282 e. The second-order valence-electron chi connectivity index (χ2n) is 9.54. The van der Waals surface area contributed by atoms with E-state index in [4.69, 9.17) is 4.84 Å². The summed E-state index contributed by atoms with van der Waals surface area (Å²) in [4.78, 5) is 31.4. The highest BCUT2D eigenvalue weighted by atomic mass is 19.3. The molecule has 8 heteroatoms. The van der Waals surface area contributed by atoms with Gasteiger partial charge in [0.2, 0.25) is 5.91 Å². The average Bonchev–Trinajstić information content (AvgIpc) is 3.15. The van der Waals surface area contributed by atoms with Gasteiger partial charge in [-0.05, 0) is 56.5 Å². The van der Waals surface area contributed by atoms with Gasteiger partial charge in [0.15, 0.2) is 11.4 Å². The summed E-state index contributed by atoms with van der Waals surface area (Å²) < 4.78 is 40.7. The summed E-state index contributed by atoms with van der Waals surface area (Å²) in [6.07, 6.45) is 0.222. The van der Waals surface area contributed by atoms with Gasteiger partial charge in [-0.25, -0.2) is 13.2 Å². The van der Waals surface area contributed by atoms with E-state index in [-0.39, 0.29) is 24.4 Å². The van der Waals surface area contributed by atoms with Crippen molar-refractivity contribution in [3.8, 4) is 0 Å². The highest BCUT2D eigenvalue weighted by Gasteiger charge is 2.46. The fraction of sp³-hybridized carbons (Fsp3) is 0.423. The molecule has 4 rings (SSSR count). The number of hydrogen-bond donors (Lipinski definition) is 0. The predicted molar refractivity (Wildman–Crippen MR) is 122 cm³/mol. The maximum atomic E-state index is 14.8. The summed E-state index contributed by atoms with van der Waals surface area (Å²) in [6.45, 7) is 6.05. The highest BCUT2D eigenvalue weighted by Crippen LogP contribution is 2.38. The van der Waals surface area contributed by atoms with Gasteiger partial charge in [-0.2, -0.15) is 0 Å². The van der Waals surface area contributed by atoms with E-state index in [0.29, 0.717) is 34.4 Å². The molecule has 5 nitrogen and oxygen atoms in total. The lowest BCUT2D eigenvalue weighted by molar-refractivity contribution is -0.165. The van der Waals surface area contributed by atoms with Crippen LogP contribution < -0.4 is 0 Å². The minimum absolute atomic E-state index is 0.0464. The van der Waals surface area contributed by atoms with Gasteiger partial charge >= 0.3 is 0 Å². The third-order valence-electron chi connectivity index (χ3n) is 6.45. The van der Waals surface area contributed by atoms with Gasteiger partial charge in [0.05, 0.1) is 18.8 Å². The molecule has 1 unspecified atom stereocenters. The number of nitrogens with zero attached hydrogens (tertiary/aromatic N) is 2. The first-order valence-corrected chi connectivity index (χ1v) is 11.2. The fourth-order valence-corrected chi connectivity index (χ4v) is 4.53. The van der Waals surface area contributed by atoms with Gasteiger partial charge in [-0.15, -0.1) is 0 Å². The van der Waals surface area contributed by atoms with Gasteiger partial charge in [-0.1, -0.05) is 28.9 Å². The molecule has 2 aliphatic rings. The number of likely N-dealkylation sites (tertiary alicyclic amines) is 1. The SMILES string of the molecule is Cc1cc(C)c(F)c(C2(C)CC(c3ccc(C(=O)CCC(=O)N4CC(F)(F)C4)c(C)c3)=NO2)c1. The van der Waals surface area contributed by atoms with Crippen molar-refractivity contribution < 1.29 is 27.6 Å². The number of benzene rings is 2. The van der Waals surface area contributed by atoms with Crippen molar-refractivity contribution in [2.45, 2.75) is 58.5 Å². The number of carbonyl (C=O) groups is 2. The summed E-state index contributed by atoms with van der Waals surface area (Å²) in [5.41, 5.74) is 3.59. The Bertz CT molecular complexity index is 1200. The lowest BCUT2D eigenvalue weighted by atomic mass is 9.86. The van der Waals surface area contributed by atoms with Crippen LogP contribution in [0.3, 0.4) is 0 Å². The van der Waals surface area contributed by atoms with Crippen molar-refractivity contribution in [1.29, 1.82) is 0 Å². The number of alkyl halides is 2. The maximum Gasteiger partial charge on any atom is 0.282 e. The molecule has 1 atom stereocenters. The molecule has 0 radical (unpaired) electrons. The summed E-state index contributed by atoms with van der Waals surface area (Å²) in [5, 5.41) is 4.21. The van der Waals surface area contributed by atoms with Crippen molar-refractivity contribution in [1.82, 2.24) is 4.90 Å². The number of aryl methyl sites for hydroxylation is 3. The largest absolute Gasteiger partial charge is 0.384 e.